The highest BCUT2D eigenvalue weighted by Gasteiger charge is 2.53. The van der Waals surface area contributed by atoms with Crippen LogP contribution in [0.25, 0.3) is 0 Å². The van der Waals surface area contributed by atoms with Crippen molar-refractivity contribution in [2.24, 2.45) is 23.2 Å². The van der Waals surface area contributed by atoms with E-state index >= 15 is 0 Å². The Labute approximate surface area is 147 Å². The smallest absolute Gasteiger partial charge is 0.00343 e. The lowest BCUT2D eigenvalue weighted by Crippen LogP contribution is -2.49. The third-order valence-corrected chi connectivity index (χ3v) is 8.08. The highest BCUT2D eigenvalue weighted by atomic mass is 15.1. The van der Waals surface area contributed by atoms with E-state index < -0.39 is 0 Å². The molecule has 24 heavy (non-hydrogen) atoms. The number of nitrogens with zero attached hydrogens (tertiary/aromatic N) is 1. The van der Waals surface area contributed by atoms with Gasteiger partial charge in [-0.1, -0.05) is 50.3 Å². The Bertz CT molecular complexity index is 662. The summed E-state index contributed by atoms with van der Waals surface area (Å²) in [5, 5.41) is 0. The number of hydrogen-bond acceptors (Lipinski definition) is 1. The van der Waals surface area contributed by atoms with Crippen LogP contribution in [0, 0.1) is 23.2 Å². The summed E-state index contributed by atoms with van der Waals surface area (Å²) >= 11 is 0. The Morgan fingerprint density at radius 2 is 1.83 bits per heavy atom. The van der Waals surface area contributed by atoms with Crippen molar-refractivity contribution in [1.29, 1.82) is 0 Å². The summed E-state index contributed by atoms with van der Waals surface area (Å²) in [6, 6.07) is 9.29. The predicted molar refractivity (Wildman–Crippen MR) is 100 cm³/mol. The fourth-order valence-corrected chi connectivity index (χ4v) is 6.65. The number of hydrogen-bond donors (Lipinski definition) is 0. The quantitative estimate of drug-likeness (QED) is 0.706. The number of benzene rings is 1. The minimum atomic E-state index is 0.415. The van der Waals surface area contributed by atoms with Crippen molar-refractivity contribution in [3.05, 3.63) is 47.5 Å². The maximum absolute atomic E-state index is 2.79. The van der Waals surface area contributed by atoms with Crippen molar-refractivity contribution in [2.45, 2.75) is 51.4 Å². The van der Waals surface area contributed by atoms with Gasteiger partial charge in [0.15, 0.2) is 0 Å². The molecule has 5 rings (SSSR count). The van der Waals surface area contributed by atoms with Crippen molar-refractivity contribution < 1.29 is 0 Å². The Morgan fingerprint density at radius 1 is 1.04 bits per heavy atom. The van der Waals surface area contributed by atoms with Crippen molar-refractivity contribution in [1.82, 2.24) is 4.90 Å². The van der Waals surface area contributed by atoms with Crippen LogP contribution in [-0.2, 0) is 11.8 Å². The second-order valence-electron chi connectivity index (χ2n) is 9.64. The topological polar surface area (TPSA) is 3.24 Å². The lowest BCUT2D eigenvalue weighted by atomic mass is 9.60. The number of allylic oxidation sites excluding steroid dienone is 2. The molecule has 0 aromatic heterocycles. The monoisotopic (exact) mass is 321 g/mol. The van der Waals surface area contributed by atoms with Crippen molar-refractivity contribution >= 4 is 0 Å². The van der Waals surface area contributed by atoms with Crippen LogP contribution in [0.1, 0.15) is 50.7 Å². The van der Waals surface area contributed by atoms with Crippen molar-refractivity contribution in [3.63, 3.8) is 0 Å². The van der Waals surface area contributed by atoms with E-state index in [0.717, 1.165) is 17.8 Å². The highest BCUT2D eigenvalue weighted by Crippen LogP contribution is 2.57. The van der Waals surface area contributed by atoms with E-state index in [-0.39, 0.29) is 0 Å². The summed E-state index contributed by atoms with van der Waals surface area (Å²) in [6.45, 7) is 8.99. The van der Waals surface area contributed by atoms with E-state index in [1.807, 2.05) is 0 Å². The fraction of sp³-hybridized carbons (Fsp3) is 0.652. The second-order valence-corrected chi connectivity index (χ2v) is 9.64. The molecule has 0 N–H and O–H groups in total. The van der Waals surface area contributed by atoms with Gasteiger partial charge in [-0.05, 0) is 79.5 Å². The molecule has 1 nitrogen and oxygen atoms in total. The Balaban J connectivity index is 1.32. The molecule has 128 valence electrons. The molecule has 2 bridgehead atoms. The van der Waals surface area contributed by atoms with Gasteiger partial charge < -0.3 is 4.90 Å². The van der Waals surface area contributed by atoms with Crippen LogP contribution in [-0.4, -0.2) is 24.5 Å². The molecule has 1 saturated carbocycles. The van der Waals surface area contributed by atoms with Crippen LogP contribution in [0.4, 0.5) is 0 Å². The van der Waals surface area contributed by atoms with E-state index in [2.05, 4.69) is 55.2 Å². The van der Waals surface area contributed by atoms with Gasteiger partial charge in [0.1, 0.15) is 0 Å². The molecule has 1 aromatic carbocycles. The number of rotatable bonds is 2. The fourth-order valence-electron chi connectivity index (χ4n) is 6.65. The summed E-state index contributed by atoms with van der Waals surface area (Å²) in [4.78, 5) is 2.79. The lowest BCUT2D eigenvalue weighted by molar-refractivity contribution is 0.0671. The first-order chi connectivity index (χ1) is 11.6. The van der Waals surface area contributed by atoms with Gasteiger partial charge in [-0.3, -0.25) is 0 Å². The average Bonchev–Trinajstić information content (AvgIpc) is 3.23. The summed E-state index contributed by atoms with van der Waals surface area (Å²) in [7, 11) is 0. The molecule has 0 unspecified atom stereocenters. The van der Waals surface area contributed by atoms with E-state index in [1.54, 1.807) is 11.1 Å². The zero-order valence-corrected chi connectivity index (χ0v) is 15.3. The minimum absolute atomic E-state index is 0.415. The van der Waals surface area contributed by atoms with Crippen LogP contribution in [0.5, 0.6) is 0 Å². The number of likely N-dealkylation sites (tertiary alicyclic amines) is 1. The largest absolute Gasteiger partial charge is 0.303 e. The molecule has 1 aliphatic heterocycles. The predicted octanol–water partition coefficient (Wildman–Crippen LogP) is 4.81. The first-order valence-corrected chi connectivity index (χ1v) is 10.1. The number of piperidine rings is 1. The van der Waals surface area contributed by atoms with E-state index in [0.29, 0.717) is 10.8 Å². The molecular formula is C23H31N. The molecule has 3 aliphatic carbocycles. The van der Waals surface area contributed by atoms with Crippen LogP contribution in [0.2, 0.25) is 0 Å². The lowest BCUT2D eigenvalue weighted by Gasteiger charge is -2.48. The molecule has 4 aliphatic rings. The minimum Gasteiger partial charge on any atom is -0.303 e. The molecule has 1 spiro atoms. The SMILES string of the molecule is CC1(C)Cc2ccccc2C12CCN(C[C@H]1C[C@@H]3C=C[C@@H]1C3)CC2. The normalized spacial score (nSPS) is 35.7. The van der Waals surface area contributed by atoms with Gasteiger partial charge in [0.25, 0.3) is 0 Å². The zero-order chi connectivity index (χ0) is 16.4. The molecule has 1 saturated heterocycles. The second kappa shape index (κ2) is 5.21. The van der Waals surface area contributed by atoms with E-state index in [4.69, 9.17) is 0 Å². The Kier molecular flexibility index (Phi) is 3.30. The summed E-state index contributed by atoms with van der Waals surface area (Å²) in [5.74, 6) is 2.75. The molecule has 3 atom stereocenters. The van der Waals surface area contributed by atoms with Gasteiger partial charge in [0.05, 0.1) is 0 Å². The maximum atomic E-state index is 2.79. The van der Waals surface area contributed by atoms with Gasteiger partial charge in [-0.25, -0.2) is 0 Å². The molecule has 1 heterocycles. The van der Waals surface area contributed by atoms with Gasteiger partial charge in [-0.15, -0.1) is 0 Å². The van der Waals surface area contributed by atoms with Crippen LogP contribution < -0.4 is 0 Å². The maximum Gasteiger partial charge on any atom is 0.00343 e. The third-order valence-electron chi connectivity index (χ3n) is 8.08. The van der Waals surface area contributed by atoms with E-state index in [1.165, 1.54) is 51.7 Å². The van der Waals surface area contributed by atoms with Crippen LogP contribution >= 0.6 is 0 Å². The Morgan fingerprint density at radius 3 is 2.54 bits per heavy atom. The van der Waals surface area contributed by atoms with Crippen LogP contribution in [0.15, 0.2) is 36.4 Å². The van der Waals surface area contributed by atoms with Crippen molar-refractivity contribution in [2.75, 3.05) is 19.6 Å². The third kappa shape index (κ3) is 2.10. The van der Waals surface area contributed by atoms with Gasteiger partial charge in [-0.2, -0.15) is 0 Å². The standard InChI is InChI=1S/C23H31N/c1-22(2)15-19-5-3-4-6-21(19)23(22)9-11-24(12-10-23)16-20-14-17-7-8-18(20)13-17/h3-8,17-18,20H,9-16H2,1-2H3/t17-,18-,20-/m1/s1. The Hall–Kier alpha value is -1.08. The van der Waals surface area contributed by atoms with Gasteiger partial charge in [0.2, 0.25) is 0 Å². The molecule has 0 amide bonds. The summed E-state index contributed by atoms with van der Waals surface area (Å²) < 4.78 is 0. The van der Waals surface area contributed by atoms with Gasteiger partial charge >= 0.3 is 0 Å². The zero-order valence-electron chi connectivity index (χ0n) is 15.3. The number of fused-ring (bicyclic) bond motifs is 4. The van der Waals surface area contributed by atoms with Gasteiger partial charge in [0, 0.05) is 12.0 Å². The average molecular weight is 322 g/mol. The molecule has 0 radical (unpaired) electrons. The summed E-state index contributed by atoms with van der Waals surface area (Å²) in [6.07, 6.45) is 11.9. The first-order valence-electron chi connectivity index (χ1n) is 10.1. The highest BCUT2D eigenvalue weighted by molar-refractivity contribution is 5.43. The first kappa shape index (κ1) is 15.2. The molecule has 1 aromatic rings. The molecule has 2 fully saturated rings. The molecule has 1 heteroatoms. The van der Waals surface area contributed by atoms with Crippen LogP contribution in [0.3, 0.4) is 0 Å². The summed E-state index contributed by atoms with van der Waals surface area (Å²) in [5.41, 5.74) is 4.14. The van der Waals surface area contributed by atoms with E-state index in [9.17, 15) is 0 Å². The molecular weight excluding hydrogens is 290 g/mol. The van der Waals surface area contributed by atoms with Crippen molar-refractivity contribution in [3.8, 4) is 0 Å².